The highest BCUT2D eigenvalue weighted by Crippen LogP contribution is 2.25. The summed E-state index contributed by atoms with van der Waals surface area (Å²) in [7, 11) is 0. The van der Waals surface area contributed by atoms with Crippen LogP contribution in [-0.4, -0.2) is 16.1 Å². The minimum absolute atomic E-state index is 0.120. The topological polar surface area (TPSA) is 62.2 Å². The fourth-order valence-electron chi connectivity index (χ4n) is 1.56. The van der Waals surface area contributed by atoms with Crippen molar-refractivity contribution in [3.05, 3.63) is 50.5 Å². The van der Waals surface area contributed by atoms with E-state index in [-0.39, 0.29) is 5.56 Å². The van der Waals surface area contributed by atoms with Crippen LogP contribution in [0, 0.1) is 6.92 Å². The van der Waals surface area contributed by atoms with Crippen LogP contribution in [0.15, 0.2) is 39.4 Å². The molecule has 0 aliphatic heterocycles. The van der Waals surface area contributed by atoms with Crippen molar-refractivity contribution < 1.29 is 9.90 Å². The van der Waals surface area contributed by atoms with E-state index in [0.29, 0.717) is 10.3 Å². The number of halogens is 2. The van der Waals surface area contributed by atoms with Gasteiger partial charge in [0.1, 0.15) is 11.4 Å². The second kappa shape index (κ2) is 5.71. The van der Waals surface area contributed by atoms with Gasteiger partial charge < -0.3 is 10.4 Å². The Morgan fingerprint density at radius 2 is 2.05 bits per heavy atom. The molecule has 0 aliphatic carbocycles. The van der Waals surface area contributed by atoms with E-state index in [1.54, 1.807) is 6.20 Å². The Bertz CT molecular complexity index is 645. The van der Waals surface area contributed by atoms with Gasteiger partial charge in [-0.15, -0.1) is 0 Å². The number of nitrogens with one attached hydrogen (secondary N) is 1. The van der Waals surface area contributed by atoms with E-state index in [2.05, 4.69) is 42.2 Å². The molecular formula is C13H10Br2N2O2. The van der Waals surface area contributed by atoms with Crippen LogP contribution in [0.4, 0.5) is 11.5 Å². The van der Waals surface area contributed by atoms with Crippen LogP contribution in [0.2, 0.25) is 0 Å². The van der Waals surface area contributed by atoms with Crippen molar-refractivity contribution in [3.63, 3.8) is 0 Å². The third kappa shape index (κ3) is 3.33. The number of rotatable bonds is 3. The predicted molar refractivity (Wildman–Crippen MR) is 81.1 cm³/mol. The first-order valence-electron chi connectivity index (χ1n) is 5.39. The number of anilines is 2. The van der Waals surface area contributed by atoms with Gasteiger partial charge in [0.05, 0.1) is 0 Å². The van der Waals surface area contributed by atoms with Gasteiger partial charge in [-0.25, -0.2) is 9.78 Å². The lowest BCUT2D eigenvalue weighted by Gasteiger charge is -2.10. The van der Waals surface area contributed by atoms with Crippen LogP contribution in [0.1, 0.15) is 15.9 Å². The van der Waals surface area contributed by atoms with Crippen molar-refractivity contribution in [2.45, 2.75) is 6.92 Å². The maximum absolute atomic E-state index is 11.2. The van der Waals surface area contributed by atoms with Gasteiger partial charge in [-0.3, -0.25) is 0 Å². The molecule has 0 fully saturated rings. The maximum Gasteiger partial charge on any atom is 0.339 e. The number of carboxylic acids is 1. The molecule has 2 N–H and O–H groups in total. The van der Waals surface area contributed by atoms with Crippen molar-refractivity contribution in [2.75, 3.05) is 5.32 Å². The summed E-state index contributed by atoms with van der Waals surface area (Å²) in [6, 6.07) is 7.19. The Morgan fingerprint density at radius 3 is 2.68 bits per heavy atom. The first kappa shape index (κ1) is 14.0. The minimum atomic E-state index is -1.02. The number of aromatic carboxylic acids is 1. The minimum Gasteiger partial charge on any atom is -0.478 e. The summed E-state index contributed by atoms with van der Waals surface area (Å²) in [5.41, 5.74) is 1.96. The number of hydrogen-bond acceptors (Lipinski definition) is 3. The largest absolute Gasteiger partial charge is 0.478 e. The highest BCUT2D eigenvalue weighted by Gasteiger charge is 2.12. The van der Waals surface area contributed by atoms with E-state index in [1.807, 2.05) is 25.1 Å². The zero-order valence-electron chi connectivity index (χ0n) is 9.95. The Morgan fingerprint density at radius 1 is 1.32 bits per heavy atom. The Balaban J connectivity index is 2.37. The number of carboxylic acid groups (broad SMARTS) is 1. The number of nitrogens with zero attached hydrogens (tertiary/aromatic N) is 1. The van der Waals surface area contributed by atoms with Gasteiger partial charge in [0.2, 0.25) is 0 Å². The van der Waals surface area contributed by atoms with Gasteiger partial charge in [0.25, 0.3) is 0 Å². The van der Waals surface area contributed by atoms with Crippen LogP contribution >= 0.6 is 31.9 Å². The molecule has 0 radical (unpaired) electrons. The fourth-order valence-corrected chi connectivity index (χ4v) is 2.14. The molecule has 1 heterocycles. The van der Waals surface area contributed by atoms with E-state index in [4.69, 9.17) is 5.11 Å². The Kier molecular flexibility index (Phi) is 4.21. The second-order valence-electron chi connectivity index (χ2n) is 3.94. The number of aromatic nitrogens is 1. The number of pyridine rings is 1. The third-order valence-corrected chi connectivity index (χ3v) is 3.83. The van der Waals surface area contributed by atoms with E-state index < -0.39 is 5.97 Å². The van der Waals surface area contributed by atoms with Gasteiger partial charge in [-0.2, -0.15) is 0 Å². The number of hydrogen-bond donors (Lipinski definition) is 2. The molecule has 0 saturated carbocycles. The summed E-state index contributed by atoms with van der Waals surface area (Å²) in [4.78, 5) is 15.3. The van der Waals surface area contributed by atoms with Crippen molar-refractivity contribution in [2.24, 2.45) is 0 Å². The van der Waals surface area contributed by atoms with Crippen molar-refractivity contribution in [1.82, 2.24) is 4.98 Å². The van der Waals surface area contributed by atoms with Gasteiger partial charge in [-0.1, -0.05) is 15.9 Å². The zero-order chi connectivity index (χ0) is 14.0. The lowest BCUT2D eigenvalue weighted by Crippen LogP contribution is -2.05. The maximum atomic E-state index is 11.2. The highest BCUT2D eigenvalue weighted by molar-refractivity contribution is 9.10. The monoisotopic (exact) mass is 384 g/mol. The van der Waals surface area contributed by atoms with Gasteiger partial charge >= 0.3 is 5.97 Å². The predicted octanol–water partition coefficient (Wildman–Crippen LogP) is 4.36. The quantitative estimate of drug-likeness (QED) is 0.824. The average Bonchev–Trinajstić information content (AvgIpc) is 2.36. The molecule has 1 aromatic heterocycles. The molecule has 19 heavy (non-hydrogen) atoms. The number of carbonyl (C=O) groups is 1. The van der Waals surface area contributed by atoms with Crippen molar-refractivity contribution in [1.29, 1.82) is 0 Å². The summed E-state index contributed by atoms with van der Waals surface area (Å²) in [5.74, 6) is -0.706. The molecule has 0 amide bonds. The van der Waals surface area contributed by atoms with Crippen molar-refractivity contribution in [3.8, 4) is 0 Å². The molecule has 0 aliphatic rings. The molecule has 98 valence electrons. The van der Waals surface area contributed by atoms with Crippen LogP contribution in [0.25, 0.3) is 0 Å². The summed E-state index contributed by atoms with van der Waals surface area (Å²) < 4.78 is 1.63. The smallest absolute Gasteiger partial charge is 0.339 e. The molecule has 0 unspecified atom stereocenters. The Hall–Kier alpha value is -1.40. The second-order valence-corrected chi connectivity index (χ2v) is 5.71. The van der Waals surface area contributed by atoms with E-state index in [9.17, 15) is 4.79 Å². The van der Waals surface area contributed by atoms with Crippen LogP contribution in [-0.2, 0) is 0 Å². The standard InChI is InChI=1S/C13H10Br2N2O2/c1-7-4-9(2-3-11(7)15)17-12-10(13(18)19)5-8(14)6-16-12/h2-6H,1H3,(H,16,17)(H,18,19). The lowest BCUT2D eigenvalue weighted by molar-refractivity contribution is 0.0697. The fraction of sp³-hybridized carbons (Fsp3) is 0.0769. The van der Waals surface area contributed by atoms with Gasteiger partial charge in [0.15, 0.2) is 0 Å². The summed E-state index contributed by atoms with van der Waals surface area (Å²) in [6.45, 7) is 1.96. The molecule has 0 saturated heterocycles. The molecule has 0 atom stereocenters. The molecule has 1 aromatic carbocycles. The summed E-state index contributed by atoms with van der Waals surface area (Å²) >= 11 is 6.63. The summed E-state index contributed by atoms with van der Waals surface area (Å²) in [6.07, 6.45) is 1.56. The number of benzene rings is 1. The van der Waals surface area contributed by atoms with E-state index >= 15 is 0 Å². The number of aryl methyl sites for hydroxylation is 1. The normalized spacial score (nSPS) is 10.3. The Labute approximate surface area is 127 Å². The van der Waals surface area contributed by atoms with Gasteiger partial charge in [-0.05, 0) is 52.7 Å². The summed E-state index contributed by atoms with van der Waals surface area (Å²) in [5, 5.41) is 12.2. The molecule has 2 rings (SSSR count). The molecule has 2 aromatic rings. The molecule has 6 heteroatoms. The first-order chi connectivity index (χ1) is 8.97. The zero-order valence-corrected chi connectivity index (χ0v) is 13.1. The third-order valence-electron chi connectivity index (χ3n) is 2.51. The SMILES string of the molecule is Cc1cc(Nc2ncc(Br)cc2C(=O)O)ccc1Br. The van der Waals surface area contributed by atoms with Gasteiger partial charge in [0, 0.05) is 20.8 Å². The highest BCUT2D eigenvalue weighted by atomic mass is 79.9. The lowest BCUT2D eigenvalue weighted by atomic mass is 10.2. The van der Waals surface area contributed by atoms with E-state index in [1.165, 1.54) is 6.07 Å². The average molecular weight is 386 g/mol. The molecular weight excluding hydrogens is 376 g/mol. The molecule has 0 spiro atoms. The molecule has 4 nitrogen and oxygen atoms in total. The van der Waals surface area contributed by atoms with Crippen LogP contribution in [0.5, 0.6) is 0 Å². The van der Waals surface area contributed by atoms with Crippen LogP contribution < -0.4 is 5.32 Å². The molecule has 0 bridgehead atoms. The van der Waals surface area contributed by atoms with Crippen LogP contribution in [0.3, 0.4) is 0 Å². The first-order valence-corrected chi connectivity index (χ1v) is 6.98. The van der Waals surface area contributed by atoms with Crippen molar-refractivity contribution >= 4 is 49.3 Å². The van der Waals surface area contributed by atoms with E-state index in [0.717, 1.165) is 15.7 Å².